The average molecular weight is 275 g/mol. The molecule has 1 heterocycles. The van der Waals surface area contributed by atoms with E-state index in [1.54, 1.807) is 4.90 Å². The minimum Gasteiger partial charge on any atom is -0.481 e. The van der Waals surface area contributed by atoms with Crippen molar-refractivity contribution in [3.8, 4) is 0 Å². The highest BCUT2D eigenvalue weighted by Crippen LogP contribution is 2.24. The summed E-state index contributed by atoms with van der Waals surface area (Å²) in [6.07, 6.45) is 0.359. The summed E-state index contributed by atoms with van der Waals surface area (Å²) in [5.41, 5.74) is 3.28. The summed E-state index contributed by atoms with van der Waals surface area (Å²) in [5.74, 6) is -1.19. The first-order valence-corrected chi connectivity index (χ1v) is 6.95. The van der Waals surface area contributed by atoms with Gasteiger partial charge in [-0.3, -0.25) is 9.59 Å². The summed E-state index contributed by atoms with van der Waals surface area (Å²) in [4.78, 5) is 25.2. The topological polar surface area (TPSA) is 57.6 Å². The molecule has 20 heavy (non-hydrogen) atoms. The molecular formula is C16H21NO3. The van der Waals surface area contributed by atoms with Gasteiger partial charge in [0.15, 0.2) is 0 Å². The number of likely N-dealkylation sites (tertiary alicyclic amines) is 1. The lowest BCUT2D eigenvalue weighted by Crippen LogP contribution is -2.31. The van der Waals surface area contributed by atoms with E-state index in [0.717, 1.165) is 16.7 Å². The second kappa shape index (κ2) is 5.65. The molecule has 4 nitrogen and oxygen atoms in total. The lowest BCUT2D eigenvalue weighted by Gasteiger charge is -2.17. The number of aliphatic carboxylic acids is 1. The van der Waals surface area contributed by atoms with Crippen LogP contribution in [-0.2, 0) is 16.0 Å². The monoisotopic (exact) mass is 275 g/mol. The van der Waals surface area contributed by atoms with E-state index in [1.165, 1.54) is 0 Å². The van der Waals surface area contributed by atoms with Crippen LogP contribution in [0.1, 0.15) is 23.6 Å². The minimum absolute atomic E-state index is 0.0226. The Bertz CT molecular complexity index is 518. The van der Waals surface area contributed by atoms with Gasteiger partial charge in [0.1, 0.15) is 0 Å². The fraction of sp³-hybridized carbons (Fsp3) is 0.500. The van der Waals surface area contributed by atoms with Gasteiger partial charge in [0.2, 0.25) is 5.91 Å². The molecule has 1 amide bonds. The molecular weight excluding hydrogens is 254 g/mol. The van der Waals surface area contributed by atoms with Gasteiger partial charge in [-0.05, 0) is 36.5 Å². The summed E-state index contributed by atoms with van der Waals surface area (Å²) in [6.45, 7) is 6.77. The number of rotatable bonds is 3. The molecule has 1 N–H and O–H groups in total. The van der Waals surface area contributed by atoms with Crippen LogP contribution in [0.4, 0.5) is 0 Å². The SMILES string of the molecule is Cc1cccc(C)c1CC(=O)N1C[C@@H](C)[C@H](C(=O)O)C1. The van der Waals surface area contributed by atoms with Crippen molar-refractivity contribution in [1.82, 2.24) is 4.90 Å². The van der Waals surface area contributed by atoms with Gasteiger partial charge in [0.05, 0.1) is 12.3 Å². The number of nitrogens with zero attached hydrogens (tertiary/aromatic N) is 1. The molecule has 1 fully saturated rings. The Morgan fingerprint density at radius 2 is 1.85 bits per heavy atom. The van der Waals surface area contributed by atoms with Crippen molar-refractivity contribution in [3.05, 3.63) is 34.9 Å². The summed E-state index contributed by atoms with van der Waals surface area (Å²) in [6, 6.07) is 5.99. The highest BCUT2D eigenvalue weighted by molar-refractivity contribution is 5.81. The van der Waals surface area contributed by atoms with Crippen molar-refractivity contribution < 1.29 is 14.7 Å². The number of benzene rings is 1. The third-order valence-corrected chi connectivity index (χ3v) is 4.25. The van der Waals surface area contributed by atoms with Crippen LogP contribution in [0.15, 0.2) is 18.2 Å². The molecule has 1 aliphatic rings. The van der Waals surface area contributed by atoms with Gasteiger partial charge in [-0.1, -0.05) is 25.1 Å². The lowest BCUT2D eigenvalue weighted by molar-refractivity contribution is -0.142. The second-order valence-electron chi connectivity index (χ2n) is 5.77. The average Bonchev–Trinajstić information content (AvgIpc) is 2.76. The standard InChI is InChI=1S/C16H21NO3/c1-10-5-4-6-11(2)13(10)7-15(18)17-8-12(3)14(9-17)16(19)20/h4-6,12,14H,7-9H2,1-3H3,(H,19,20)/t12-,14-/m1/s1. The highest BCUT2D eigenvalue weighted by Gasteiger charge is 2.36. The van der Waals surface area contributed by atoms with E-state index in [1.807, 2.05) is 39.0 Å². The normalized spacial score (nSPS) is 22.1. The summed E-state index contributed by atoms with van der Waals surface area (Å²) in [7, 11) is 0. The molecule has 0 unspecified atom stereocenters. The van der Waals surface area contributed by atoms with Gasteiger partial charge in [-0.15, -0.1) is 0 Å². The number of aryl methyl sites for hydroxylation is 2. The molecule has 1 aromatic carbocycles. The molecule has 108 valence electrons. The van der Waals surface area contributed by atoms with Crippen molar-refractivity contribution >= 4 is 11.9 Å². The highest BCUT2D eigenvalue weighted by atomic mass is 16.4. The molecule has 2 rings (SSSR count). The van der Waals surface area contributed by atoms with Crippen molar-refractivity contribution in [1.29, 1.82) is 0 Å². The fourth-order valence-corrected chi connectivity index (χ4v) is 2.88. The number of carbonyl (C=O) groups excluding carboxylic acids is 1. The van der Waals surface area contributed by atoms with Gasteiger partial charge in [0.25, 0.3) is 0 Å². The van der Waals surface area contributed by atoms with E-state index in [9.17, 15) is 9.59 Å². The van der Waals surface area contributed by atoms with Crippen molar-refractivity contribution in [2.24, 2.45) is 11.8 Å². The quantitative estimate of drug-likeness (QED) is 0.918. The number of hydrogen-bond acceptors (Lipinski definition) is 2. The maximum Gasteiger partial charge on any atom is 0.308 e. The molecule has 0 saturated carbocycles. The number of carboxylic acids is 1. The summed E-state index contributed by atoms with van der Waals surface area (Å²) < 4.78 is 0. The first kappa shape index (κ1) is 14.6. The Balaban J connectivity index is 2.08. The van der Waals surface area contributed by atoms with Crippen molar-refractivity contribution in [3.63, 3.8) is 0 Å². The lowest BCUT2D eigenvalue weighted by atomic mass is 9.99. The Labute approximate surface area is 119 Å². The van der Waals surface area contributed by atoms with Gasteiger partial charge in [-0.2, -0.15) is 0 Å². The van der Waals surface area contributed by atoms with Crippen LogP contribution in [0.25, 0.3) is 0 Å². The zero-order valence-corrected chi connectivity index (χ0v) is 12.2. The summed E-state index contributed by atoms with van der Waals surface area (Å²) in [5, 5.41) is 9.12. The van der Waals surface area contributed by atoms with E-state index >= 15 is 0 Å². The maximum atomic E-state index is 12.4. The van der Waals surface area contributed by atoms with Crippen LogP contribution in [0.3, 0.4) is 0 Å². The molecule has 0 bridgehead atoms. The van der Waals surface area contributed by atoms with E-state index in [0.29, 0.717) is 19.5 Å². The zero-order valence-electron chi connectivity index (χ0n) is 12.2. The number of hydrogen-bond donors (Lipinski definition) is 1. The Hall–Kier alpha value is -1.84. The second-order valence-corrected chi connectivity index (χ2v) is 5.77. The van der Waals surface area contributed by atoms with Gasteiger partial charge < -0.3 is 10.0 Å². The maximum absolute atomic E-state index is 12.4. The van der Waals surface area contributed by atoms with Crippen molar-refractivity contribution in [2.45, 2.75) is 27.2 Å². The first-order chi connectivity index (χ1) is 9.40. The first-order valence-electron chi connectivity index (χ1n) is 6.95. The Morgan fingerprint density at radius 1 is 1.25 bits per heavy atom. The molecule has 0 spiro atoms. The van der Waals surface area contributed by atoms with Gasteiger partial charge in [-0.25, -0.2) is 0 Å². The molecule has 1 aliphatic heterocycles. The predicted octanol–water partition coefficient (Wildman–Crippen LogP) is 2.03. The van der Waals surface area contributed by atoms with Crippen LogP contribution in [0.2, 0.25) is 0 Å². The zero-order chi connectivity index (χ0) is 14.9. The third-order valence-electron chi connectivity index (χ3n) is 4.25. The molecule has 0 aliphatic carbocycles. The van der Waals surface area contributed by atoms with Crippen LogP contribution in [-0.4, -0.2) is 35.0 Å². The number of carbonyl (C=O) groups is 2. The van der Waals surface area contributed by atoms with E-state index < -0.39 is 11.9 Å². The smallest absolute Gasteiger partial charge is 0.308 e. The largest absolute Gasteiger partial charge is 0.481 e. The third kappa shape index (κ3) is 2.84. The molecule has 0 radical (unpaired) electrons. The number of carboxylic acid groups (broad SMARTS) is 1. The fourth-order valence-electron chi connectivity index (χ4n) is 2.88. The van der Waals surface area contributed by atoms with Crippen molar-refractivity contribution in [2.75, 3.05) is 13.1 Å². The molecule has 4 heteroatoms. The minimum atomic E-state index is -0.806. The molecule has 2 atom stereocenters. The predicted molar refractivity (Wildman–Crippen MR) is 76.5 cm³/mol. The molecule has 0 aromatic heterocycles. The molecule has 1 aromatic rings. The van der Waals surface area contributed by atoms with Crippen LogP contribution < -0.4 is 0 Å². The van der Waals surface area contributed by atoms with E-state index in [4.69, 9.17) is 5.11 Å². The van der Waals surface area contributed by atoms with Gasteiger partial charge in [0, 0.05) is 13.1 Å². The van der Waals surface area contributed by atoms with Crippen LogP contribution >= 0.6 is 0 Å². The summed E-state index contributed by atoms with van der Waals surface area (Å²) >= 11 is 0. The van der Waals surface area contributed by atoms with Crippen LogP contribution in [0, 0.1) is 25.7 Å². The van der Waals surface area contributed by atoms with Crippen LogP contribution in [0.5, 0.6) is 0 Å². The Morgan fingerprint density at radius 3 is 2.35 bits per heavy atom. The number of amides is 1. The molecule has 1 saturated heterocycles. The van der Waals surface area contributed by atoms with E-state index in [2.05, 4.69) is 0 Å². The van der Waals surface area contributed by atoms with Gasteiger partial charge >= 0.3 is 5.97 Å². The Kier molecular flexibility index (Phi) is 4.12. The van der Waals surface area contributed by atoms with E-state index in [-0.39, 0.29) is 11.8 Å².